The number of rotatable bonds is 6. The Morgan fingerprint density at radius 2 is 1.95 bits per heavy atom. The quantitative estimate of drug-likeness (QED) is 0.720. The lowest BCUT2D eigenvalue weighted by Gasteiger charge is -2.24. The summed E-state index contributed by atoms with van der Waals surface area (Å²) in [4.78, 5) is 13.4. The van der Waals surface area contributed by atoms with Crippen LogP contribution in [0, 0.1) is 0 Å². The van der Waals surface area contributed by atoms with Gasteiger partial charge in [0.05, 0.1) is 7.11 Å². The van der Waals surface area contributed by atoms with Crippen molar-refractivity contribution in [2.45, 2.75) is 45.6 Å². The molecule has 0 atom stereocenters. The van der Waals surface area contributed by atoms with Crippen LogP contribution in [0.3, 0.4) is 0 Å². The van der Waals surface area contributed by atoms with E-state index in [1.165, 1.54) is 0 Å². The average molecular weight is 328 g/mol. The summed E-state index contributed by atoms with van der Waals surface area (Å²) in [6, 6.07) is 5.66. The lowest BCUT2D eigenvalue weighted by Crippen LogP contribution is -2.34. The molecule has 22 heavy (non-hydrogen) atoms. The van der Waals surface area contributed by atoms with Crippen molar-refractivity contribution in [2.75, 3.05) is 20.7 Å². The monoisotopic (exact) mass is 327 g/mol. The van der Waals surface area contributed by atoms with Crippen LogP contribution in [0.4, 0.5) is 4.79 Å². The van der Waals surface area contributed by atoms with E-state index in [0.29, 0.717) is 6.54 Å². The first-order valence-electron chi connectivity index (χ1n) is 7.49. The molecule has 0 saturated carbocycles. The number of ether oxygens (including phenoxy) is 2. The molecule has 0 N–H and O–H groups in total. The molecule has 1 rings (SSSR count). The van der Waals surface area contributed by atoms with Gasteiger partial charge in [0.2, 0.25) is 0 Å². The molecule has 0 aromatic heterocycles. The summed E-state index contributed by atoms with van der Waals surface area (Å²) < 4.78 is 10.5. The van der Waals surface area contributed by atoms with Crippen molar-refractivity contribution in [3.05, 3.63) is 28.8 Å². The Labute approximate surface area is 138 Å². The Morgan fingerprint density at radius 3 is 2.55 bits per heavy atom. The molecule has 0 aliphatic carbocycles. The minimum absolute atomic E-state index is 0.285. The van der Waals surface area contributed by atoms with Gasteiger partial charge in [0.15, 0.2) is 0 Å². The second-order valence-corrected chi connectivity index (χ2v) is 6.72. The fourth-order valence-electron chi connectivity index (χ4n) is 1.97. The first kappa shape index (κ1) is 18.6. The highest BCUT2D eigenvalue weighted by atomic mass is 35.5. The summed E-state index contributed by atoms with van der Waals surface area (Å²) in [7, 11) is 3.40. The van der Waals surface area contributed by atoms with E-state index in [9.17, 15) is 4.79 Å². The van der Waals surface area contributed by atoms with Crippen molar-refractivity contribution in [3.63, 3.8) is 0 Å². The predicted octanol–water partition coefficient (Wildman–Crippen LogP) is 4.54. The van der Waals surface area contributed by atoms with Crippen LogP contribution in [0.15, 0.2) is 18.2 Å². The predicted molar refractivity (Wildman–Crippen MR) is 89.8 cm³/mol. The minimum atomic E-state index is -0.459. The Hall–Kier alpha value is -1.42. The van der Waals surface area contributed by atoms with Crippen molar-refractivity contribution < 1.29 is 14.3 Å². The fraction of sp³-hybridized carbons (Fsp3) is 0.588. The summed E-state index contributed by atoms with van der Waals surface area (Å²) in [6.45, 7) is 6.26. The molecule has 0 unspecified atom stereocenters. The number of carbonyl (C=O) groups is 1. The second kappa shape index (κ2) is 8.28. The number of amides is 1. The molecule has 0 aliphatic heterocycles. The number of nitrogens with zero attached hydrogens (tertiary/aromatic N) is 1. The number of benzene rings is 1. The van der Waals surface area contributed by atoms with Gasteiger partial charge in [-0.25, -0.2) is 4.79 Å². The molecular formula is C17H26ClNO3. The molecule has 0 fully saturated rings. The number of hydrogen-bond donors (Lipinski definition) is 0. The zero-order valence-electron chi connectivity index (χ0n) is 14.1. The fourth-order valence-corrected chi connectivity index (χ4v) is 2.18. The molecule has 1 aromatic carbocycles. The molecule has 4 nitrogen and oxygen atoms in total. The van der Waals surface area contributed by atoms with Crippen LogP contribution in [0.1, 0.15) is 39.2 Å². The van der Waals surface area contributed by atoms with Gasteiger partial charge in [0.25, 0.3) is 0 Å². The van der Waals surface area contributed by atoms with Gasteiger partial charge < -0.3 is 14.4 Å². The molecule has 0 spiro atoms. The van der Waals surface area contributed by atoms with Crippen molar-refractivity contribution in [1.29, 1.82) is 0 Å². The lowest BCUT2D eigenvalue weighted by atomic mass is 10.1. The Morgan fingerprint density at radius 1 is 1.27 bits per heavy atom. The SMILES string of the molecule is COc1ccc(Cl)c(CCCCN(C)C(=O)OC(C)(C)C)c1. The molecule has 0 aliphatic rings. The van der Waals surface area contributed by atoms with Crippen LogP contribution in [0.5, 0.6) is 5.75 Å². The summed E-state index contributed by atoms with van der Waals surface area (Å²) in [5.41, 5.74) is 0.611. The highest BCUT2D eigenvalue weighted by Crippen LogP contribution is 2.23. The lowest BCUT2D eigenvalue weighted by molar-refractivity contribution is 0.0296. The van der Waals surface area contributed by atoms with E-state index in [4.69, 9.17) is 21.1 Å². The van der Waals surface area contributed by atoms with Gasteiger partial charge in [-0.1, -0.05) is 11.6 Å². The molecule has 1 aromatic rings. The molecule has 0 heterocycles. The van der Waals surface area contributed by atoms with Crippen molar-refractivity contribution in [1.82, 2.24) is 4.90 Å². The minimum Gasteiger partial charge on any atom is -0.497 e. The van der Waals surface area contributed by atoms with Gasteiger partial charge in [-0.3, -0.25) is 0 Å². The first-order chi connectivity index (χ1) is 10.2. The summed E-state index contributed by atoms with van der Waals surface area (Å²) in [6.07, 6.45) is 2.41. The second-order valence-electron chi connectivity index (χ2n) is 6.32. The van der Waals surface area contributed by atoms with Crippen LogP contribution in [0.25, 0.3) is 0 Å². The number of hydrogen-bond acceptors (Lipinski definition) is 3. The molecular weight excluding hydrogens is 302 g/mol. The zero-order valence-corrected chi connectivity index (χ0v) is 14.9. The smallest absolute Gasteiger partial charge is 0.410 e. The number of aryl methyl sites for hydroxylation is 1. The van der Waals surface area contributed by atoms with Gasteiger partial charge in [-0.2, -0.15) is 0 Å². The molecule has 1 amide bonds. The number of unbranched alkanes of at least 4 members (excludes halogenated alkanes) is 1. The van der Waals surface area contributed by atoms with Crippen LogP contribution in [-0.2, 0) is 11.2 Å². The topological polar surface area (TPSA) is 38.8 Å². The van der Waals surface area contributed by atoms with E-state index in [1.54, 1.807) is 19.1 Å². The standard InChI is InChI=1S/C17H26ClNO3/c1-17(2,3)22-16(20)19(4)11-7-6-8-13-12-14(21-5)9-10-15(13)18/h9-10,12H,6-8,11H2,1-5H3. The summed E-state index contributed by atoms with van der Waals surface area (Å²) >= 11 is 6.18. The third kappa shape index (κ3) is 6.56. The Balaban J connectivity index is 2.37. The van der Waals surface area contributed by atoms with Crippen LogP contribution < -0.4 is 4.74 Å². The maximum atomic E-state index is 11.8. The van der Waals surface area contributed by atoms with Crippen molar-refractivity contribution in [3.8, 4) is 5.75 Å². The number of halogens is 1. The summed E-state index contributed by atoms with van der Waals surface area (Å²) in [5.74, 6) is 0.810. The van der Waals surface area contributed by atoms with E-state index in [1.807, 2.05) is 39.0 Å². The number of carbonyl (C=O) groups excluding carboxylic acids is 1. The Bertz CT molecular complexity index is 497. The molecule has 0 saturated heterocycles. The van der Waals surface area contributed by atoms with Gasteiger partial charge >= 0.3 is 6.09 Å². The largest absolute Gasteiger partial charge is 0.497 e. The van der Waals surface area contributed by atoms with E-state index < -0.39 is 5.60 Å². The van der Waals surface area contributed by atoms with E-state index in [0.717, 1.165) is 35.6 Å². The van der Waals surface area contributed by atoms with Crippen LogP contribution in [-0.4, -0.2) is 37.3 Å². The van der Waals surface area contributed by atoms with Crippen LogP contribution >= 0.6 is 11.6 Å². The molecule has 0 radical (unpaired) electrons. The van der Waals surface area contributed by atoms with Gasteiger partial charge in [-0.05, 0) is 63.8 Å². The van der Waals surface area contributed by atoms with Gasteiger partial charge in [0.1, 0.15) is 11.4 Å². The van der Waals surface area contributed by atoms with Crippen LogP contribution in [0.2, 0.25) is 5.02 Å². The number of methoxy groups -OCH3 is 1. The zero-order chi connectivity index (χ0) is 16.8. The maximum absolute atomic E-state index is 11.8. The third-order valence-corrected chi connectivity index (χ3v) is 3.52. The van der Waals surface area contributed by atoms with Gasteiger partial charge in [-0.15, -0.1) is 0 Å². The third-order valence-electron chi connectivity index (χ3n) is 3.15. The average Bonchev–Trinajstić information content (AvgIpc) is 2.43. The highest BCUT2D eigenvalue weighted by molar-refractivity contribution is 6.31. The van der Waals surface area contributed by atoms with Crippen molar-refractivity contribution >= 4 is 17.7 Å². The Kier molecular flexibility index (Phi) is 7.01. The van der Waals surface area contributed by atoms with E-state index in [-0.39, 0.29) is 6.09 Å². The molecule has 5 heteroatoms. The van der Waals surface area contributed by atoms with E-state index >= 15 is 0 Å². The maximum Gasteiger partial charge on any atom is 0.410 e. The van der Waals surface area contributed by atoms with Crippen molar-refractivity contribution in [2.24, 2.45) is 0 Å². The van der Waals surface area contributed by atoms with Gasteiger partial charge in [0, 0.05) is 18.6 Å². The normalized spacial score (nSPS) is 11.2. The molecule has 124 valence electrons. The molecule has 0 bridgehead atoms. The highest BCUT2D eigenvalue weighted by Gasteiger charge is 2.19. The van der Waals surface area contributed by atoms with E-state index in [2.05, 4.69) is 0 Å². The summed E-state index contributed by atoms with van der Waals surface area (Å²) in [5, 5.41) is 0.751. The first-order valence-corrected chi connectivity index (χ1v) is 7.87.